The summed E-state index contributed by atoms with van der Waals surface area (Å²) in [6.45, 7) is 0.737. The van der Waals surface area contributed by atoms with Gasteiger partial charge >= 0.3 is 5.97 Å². The van der Waals surface area contributed by atoms with E-state index in [0.29, 0.717) is 11.3 Å². The number of hydrogen-bond acceptors (Lipinski definition) is 3. The van der Waals surface area contributed by atoms with Crippen LogP contribution in [-0.2, 0) is 4.74 Å². The summed E-state index contributed by atoms with van der Waals surface area (Å²) in [5.41, 5.74) is 2.83. The fraction of sp³-hybridized carbons (Fsp3) is 0.105. The molecule has 0 saturated carbocycles. The Hall–Kier alpha value is -2.81. The molecule has 3 aliphatic rings. The van der Waals surface area contributed by atoms with Crippen molar-refractivity contribution in [2.75, 3.05) is 6.54 Å². The minimum atomic E-state index is -0.312. The number of carbonyl (C=O) groups excluding carboxylic acids is 1. The first kappa shape index (κ1) is 12.9. The second-order valence-electron chi connectivity index (χ2n) is 5.41. The normalized spacial score (nSPS) is 21.5. The number of carbonyl (C=O) groups is 1. The number of allylic oxidation sites excluding steroid dienone is 4. The zero-order chi connectivity index (χ0) is 14.9. The highest BCUT2D eigenvalue weighted by atomic mass is 16.5. The molecule has 0 aromatic heterocycles. The van der Waals surface area contributed by atoms with Crippen LogP contribution in [0, 0.1) is 0 Å². The van der Waals surface area contributed by atoms with Crippen LogP contribution in [0.15, 0.2) is 89.9 Å². The fourth-order valence-electron chi connectivity index (χ4n) is 3.02. The van der Waals surface area contributed by atoms with E-state index in [9.17, 15) is 4.79 Å². The van der Waals surface area contributed by atoms with Crippen LogP contribution in [0.2, 0.25) is 0 Å². The summed E-state index contributed by atoms with van der Waals surface area (Å²) in [6, 6.07) is 9.24. The van der Waals surface area contributed by atoms with Crippen LogP contribution >= 0.6 is 0 Å². The second kappa shape index (κ2) is 5.19. The van der Waals surface area contributed by atoms with Gasteiger partial charge in [0.2, 0.25) is 0 Å². The van der Waals surface area contributed by atoms with Gasteiger partial charge < -0.3 is 9.64 Å². The van der Waals surface area contributed by atoms with Gasteiger partial charge in [0.25, 0.3) is 0 Å². The second-order valence-corrected chi connectivity index (χ2v) is 5.41. The first-order chi connectivity index (χ1) is 10.8. The Morgan fingerprint density at radius 1 is 1.14 bits per heavy atom. The molecule has 0 N–H and O–H groups in total. The van der Waals surface area contributed by atoms with Crippen LogP contribution in [0.4, 0.5) is 0 Å². The number of esters is 1. The molecule has 1 unspecified atom stereocenters. The molecule has 3 nitrogen and oxygen atoms in total. The van der Waals surface area contributed by atoms with Crippen molar-refractivity contribution in [2.45, 2.75) is 6.04 Å². The topological polar surface area (TPSA) is 29.5 Å². The Morgan fingerprint density at radius 2 is 2.00 bits per heavy atom. The molecule has 1 atom stereocenters. The molecule has 0 amide bonds. The molecular formula is C19H15NO2. The van der Waals surface area contributed by atoms with E-state index < -0.39 is 0 Å². The maximum atomic E-state index is 12.3. The van der Waals surface area contributed by atoms with Crippen molar-refractivity contribution in [3.8, 4) is 0 Å². The first-order valence-electron chi connectivity index (χ1n) is 7.33. The molecule has 22 heavy (non-hydrogen) atoms. The molecule has 3 heteroatoms. The summed E-state index contributed by atoms with van der Waals surface area (Å²) >= 11 is 0. The lowest BCUT2D eigenvalue weighted by molar-refractivity contribution is 0.0621. The smallest absolute Gasteiger partial charge is 0.343 e. The van der Waals surface area contributed by atoms with Gasteiger partial charge in [0.05, 0.1) is 11.6 Å². The number of benzene rings is 1. The van der Waals surface area contributed by atoms with Crippen LogP contribution in [0.5, 0.6) is 0 Å². The predicted octanol–water partition coefficient (Wildman–Crippen LogP) is 3.36. The van der Waals surface area contributed by atoms with Crippen LogP contribution in [-0.4, -0.2) is 23.5 Å². The molecule has 4 rings (SSSR count). The van der Waals surface area contributed by atoms with Crippen molar-refractivity contribution in [2.24, 2.45) is 0 Å². The van der Waals surface area contributed by atoms with E-state index in [4.69, 9.17) is 4.74 Å². The monoisotopic (exact) mass is 289 g/mol. The van der Waals surface area contributed by atoms with Gasteiger partial charge in [-0.05, 0) is 29.9 Å². The maximum absolute atomic E-state index is 12.3. The summed E-state index contributed by atoms with van der Waals surface area (Å²) in [4.78, 5) is 14.5. The van der Waals surface area contributed by atoms with Crippen LogP contribution < -0.4 is 0 Å². The van der Waals surface area contributed by atoms with E-state index in [1.165, 1.54) is 5.57 Å². The van der Waals surface area contributed by atoms with E-state index >= 15 is 0 Å². The van der Waals surface area contributed by atoms with Gasteiger partial charge in [-0.25, -0.2) is 4.79 Å². The van der Waals surface area contributed by atoms with Crippen LogP contribution in [0.3, 0.4) is 0 Å². The molecule has 1 aromatic carbocycles. The van der Waals surface area contributed by atoms with Crippen molar-refractivity contribution in [1.29, 1.82) is 0 Å². The quantitative estimate of drug-likeness (QED) is 0.782. The largest absolute Gasteiger partial charge is 0.423 e. The van der Waals surface area contributed by atoms with Gasteiger partial charge in [-0.1, -0.05) is 42.5 Å². The minimum Gasteiger partial charge on any atom is -0.423 e. The number of nitrogens with zero attached hydrogens (tertiary/aromatic N) is 1. The van der Waals surface area contributed by atoms with Gasteiger partial charge in [-0.15, -0.1) is 0 Å². The van der Waals surface area contributed by atoms with E-state index in [1.807, 2.05) is 42.5 Å². The highest BCUT2D eigenvalue weighted by Gasteiger charge is 2.32. The third kappa shape index (κ3) is 2.11. The SMILES string of the molecule is O=C(OC1=CCN2C=CC=C3C=CC=C1C32)c1ccccc1. The summed E-state index contributed by atoms with van der Waals surface area (Å²) in [6.07, 6.45) is 14.3. The Kier molecular flexibility index (Phi) is 3.04. The van der Waals surface area contributed by atoms with Gasteiger partial charge in [0, 0.05) is 18.3 Å². The summed E-state index contributed by atoms with van der Waals surface area (Å²) in [7, 11) is 0. The van der Waals surface area contributed by atoms with Gasteiger partial charge in [0.1, 0.15) is 5.76 Å². The molecule has 1 aliphatic carbocycles. The van der Waals surface area contributed by atoms with Crippen molar-refractivity contribution >= 4 is 5.97 Å². The Balaban J connectivity index is 1.63. The average Bonchev–Trinajstić information content (AvgIpc) is 2.58. The lowest BCUT2D eigenvalue weighted by atomic mass is 9.87. The highest BCUT2D eigenvalue weighted by molar-refractivity contribution is 5.90. The molecule has 0 bridgehead atoms. The predicted molar refractivity (Wildman–Crippen MR) is 84.9 cm³/mol. The van der Waals surface area contributed by atoms with Crippen molar-refractivity contribution in [1.82, 2.24) is 4.90 Å². The third-order valence-electron chi connectivity index (χ3n) is 4.06. The summed E-state index contributed by atoms with van der Waals surface area (Å²) < 4.78 is 5.65. The lowest BCUT2D eigenvalue weighted by Gasteiger charge is -2.39. The van der Waals surface area contributed by atoms with E-state index in [1.54, 1.807) is 12.1 Å². The van der Waals surface area contributed by atoms with Crippen molar-refractivity contribution < 1.29 is 9.53 Å². The molecule has 2 aliphatic heterocycles. The molecule has 108 valence electrons. The van der Waals surface area contributed by atoms with E-state index in [0.717, 1.165) is 12.1 Å². The van der Waals surface area contributed by atoms with Crippen LogP contribution in [0.25, 0.3) is 0 Å². The standard InChI is InChI=1S/C19H15NO2/c21-19(15-6-2-1-3-7-15)22-17-11-13-20-12-5-9-14-8-4-10-16(17)18(14)20/h1-12,18H,13H2. The van der Waals surface area contributed by atoms with Gasteiger partial charge in [-0.3, -0.25) is 0 Å². The van der Waals surface area contributed by atoms with Gasteiger partial charge in [-0.2, -0.15) is 0 Å². The summed E-state index contributed by atoms with van der Waals surface area (Å²) in [5, 5.41) is 0. The maximum Gasteiger partial charge on any atom is 0.343 e. The zero-order valence-corrected chi connectivity index (χ0v) is 12.0. The Labute approximate surface area is 129 Å². The Morgan fingerprint density at radius 3 is 2.86 bits per heavy atom. The molecule has 0 radical (unpaired) electrons. The molecule has 1 aromatic rings. The number of rotatable bonds is 2. The molecule has 2 heterocycles. The summed E-state index contributed by atoms with van der Waals surface area (Å²) in [5.74, 6) is 0.355. The number of ether oxygens (including phenoxy) is 1. The lowest BCUT2D eigenvalue weighted by Crippen LogP contribution is -2.40. The van der Waals surface area contributed by atoms with E-state index in [2.05, 4.69) is 23.3 Å². The molecule has 0 saturated heterocycles. The highest BCUT2D eigenvalue weighted by Crippen LogP contribution is 2.35. The number of hydrogen-bond donors (Lipinski definition) is 0. The third-order valence-corrected chi connectivity index (χ3v) is 4.06. The van der Waals surface area contributed by atoms with E-state index in [-0.39, 0.29) is 12.0 Å². The van der Waals surface area contributed by atoms with Crippen LogP contribution in [0.1, 0.15) is 10.4 Å². The van der Waals surface area contributed by atoms with Crippen molar-refractivity contribution in [3.05, 3.63) is 95.5 Å². The average molecular weight is 289 g/mol. The Bertz CT molecular complexity index is 766. The minimum absolute atomic E-state index is 0.151. The first-order valence-corrected chi connectivity index (χ1v) is 7.33. The fourth-order valence-corrected chi connectivity index (χ4v) is 3.02. The molecule has 0 fully saturated rings. The van der Waals surface area contributed by atoms with Crippen molar-refractivity contribution in [3.63, 3.8) is 0 Å². The van der Waals surface area contributed by atoms with Gasteiger partial charge in [0.15, 0.2) is 0 Å². The molecule has 0 spiro atoms. The molecular weight excluding hydrogens is 274 g/mol. The zero-order valence-electron chi connectivity index (χ0n) is 12.0.